The standard InChI is InChI=1S/C23H26N2O5/c1-23(2,3)30-22(28)24-16(13-15-9-11-17(29-4)12-10-15)14-25-20(26)18-7-5-6-8-19(18)21(25)27/h5-12,16H,13-14H2,1-4H3,(H,24,28)/t16-/m0/s1. The fourth-order valence-electron chi connectivity index (χ4n) is 3.31. The predicted octanol–water partition coefficient (Wildman–Crippen LogP) is 3.43. The van der Waals surface area contributed by atoms with E-state index in [1.165, 1.54) is 4.90 Å². The highest BCUT2D eigenvalue weighted by atomic mass is 16.6. The molecule has 0 saturated carbocycles. The largest absolute Gasteiger partial charge is 0.497 e. The van der Waals surface area contributed by atoms with Gasteiger partial charge in [0, 0.05) is 0 Å². The second-order valence-electron chi connectivity index (χ2n) is 8.16. The molecule has 0 radical (unpaired) electrons. The van der Waals surface area contributed by atoms with Gasteiger partial charge in [0.15, 0.2) is 0 Å². The second-order valence-corrected chi connectivity index (χ2v) is 8.16. The van der Waals surface area contributed by atoms with Crippen molar-refractivity contribution in [3.8, 4) is 5.75 Å². The average molecular weight is 410 g/mol. The zero-order valence-electron chi connectivity index (χ0n) is 17.6. The van der Waals surface area contributed by atoms with E-state index in [9.17, 15) is 14.4 Å². The molecule has 0 spiro atoms. The van der Waals surface area contributed by atoms with Crippen molar-refractivity contribution in [1.82, 2.24) is 10.2 Å². The van der Waals surface area contributed by atoms with Crippen molar-refractivity contribution in [3.63, 3.8) is 0 Å². The quantitative estimate of drug-likeness (QED) is 0.738. The molecule has 3 rings (SSSR count). The summed E-state index contributed by atoms with van der Waals surface area (Å²) >= 11 is 0. The lowest BCUT2D eigenvalue weighted by molar-refractivity contribution is 0.0468. The molecule has 2 aromatic rings. The van der Waals surface area contributed by atoms with Gasteiger partial charge in [0.1, 0.15) is 11.4 Å². The summed E-state index contributed by atoms with van der Waals surface area (Å²) in [6.45, 7) is 5.36. The number of fused-ring (bicyclic) bond motifs is 1. The summed E-state index contributed by atoms with van der Waals surface area (Å²) in [5.41, 5.74) is 1.02. The molecule has 7 heteroatoms. The van der Waals surface area contributed by atoms with Gasteiger partial charge in [-0.05, 0) is 57.0 Å². The molecule has 7 nitrogen and oxygen atoms in total. The van der Waals surface area contributed by atoms with Crippen LogP contribution in [0.1, 0.15) is 47.1 Å². The van der Waals surface area contributed by atoms with Crippen molar-refractivity contribution in [3.05, 3.63) is 65.2 Å². The smallest absolute Gasteiger partial charge is 0.407 e. The van der Waals surface area contributed by atoms with Crippen LogP contribution < -0.4 is 10.1 Å². The molecule has 1 aliphatic rings. The lowest BCUT2D eigenvalue weighted by atomic mass is 10.1. The molecule has 1 heterocycles. The van der Waals surface area contributed by atoms with Crippen molar-refractivity contribution in [1.29, 1.82) is 0 Å². The summed E-state index contributed by atoms with van der Waals surface area (Å²) in [4.78, 5) is 39.0. The Balaban J connectivity index is 1.79. The molecule has 30 heavy (non-hydrogen) atoms. The SMILES string of the molecule is COc1ccc(C[C@@H](CN2C(=O)c3ccccc3C2=O)NC(=O)OC(C)(C)C)cc1. The molecule has 0 saturated heterocycles. The number of hydrogen-bond donors (Lipinski definition) is 1. The van der Waals surface area contributed by atoms with Gasteiger partial charge in [-0.3, -0.25) is 14.5 Å². The Morgan fingerprint density at radius 3 is 2.07 bits per heavy atom. The predicted molar refractivity (Wildman–Crippen MR) is 112 cm³/mol. The summed E-state index contributed by atoms with van der Waals surface area (Å²) in [5, 5.41) is 2.81. The Kier molecular flexibility index (Phi) is 6.10. The maximum Gasteiger partial charge on any atom is 0.407 e. The average Bonchev–Trinajstić information content (AvgIpc) is 2.92. The molecule has 1 aliphatic heterocycles. The number of rotatable bonds is 6. The van der Waals surface area contributed by atoms with E-state index in [1.54, 1.807) is 52.1 Å². The van der Waals surface area contributed by atoms with Gasteiger partial charge in [-0.25, -0.2) is 4.79 Å². The lowest BCUT2D eigenvalue weighted by Gasteiger charge is -2.26. The van der Waals surface area contributed by atoms with Gasteiger partial charge < -0.3 is 14.8 Å². The minimum absolute atomic E-state index is 0.0393. The third-order valence-electron chi connectivity index (χ3n) is 4.64. The third kappa shape index (κ3) is 4.97. The Labute approximate surface area is 176 Å². The van der Waals surface area contributed by atoms with Crippen LogP contribution in [0.3, 0.4) is 0 Å². The van der Waals surface area contributed by atoms with Gasteiger partial charge in [0.2, 0.25) is 0 Å². The lowest BCUT2D eigenvalue weighted by Crippen LogP contribution is -2.48. The van der Waals surface area contributed by atoms with E-state index in [2.05, 4.69) is 5.32 Å². The zero-order chi connectivity index (χ0) is 21.9. The van der Waals surface area contributed by atoms with E-state index in [4.69, 9.17) is 9.47 Å². The topological polar surface area (TPSA) is 84.9 Å². The Hall–Kier alpha value is -3.35. The van der Waals surface area contributed by atoms with E-state index in [-0.39, 0.29) is 18.4 Å². The summed E-state index contributed by atoms with van der Waals surface area (Å²) in [5.74, 6) is -0.00149. The van der Waals surface area contributed by atoms with Crippen molar-refractivity contribution in [2.24, 2.45) is 0 Å². The van der Waals surface area contributed by atoms with Gasteiger partial charge in [-0.1, -0.05) is 24.3 Å². The first-order valence-electron chi connectivity index (χ1n) is 9.75. The van der Waals surface area contributed by atoms with E-state index < -0.39 is 17.7 Å². The van der Waals surface area contributed by atoms with E-state index in [0.29, 0.717) is 17.5 Å². The van der Waals surface area contributed by atoms with Crippen LogP contribution in [0.4, 0.5) is 4.79 Å². The van der Waals surface area contributed by atoms with Crippen molar-refractivity contribution < 1.29 is 23.9 Å². The number of methoxy groups -OCH3 is 1. The van der Waals surface area contributed by atoms with Gasteiger partial charge >= 0.3 is 6.09 Å². The summed E-state index contributed by atoms with van der Waals surface area (Å²) in [6.07, 6.45) is -0.186. The molecule has 1 N–H and O–H groups in total. The molecule has 158 valence electrons. The van der Waals surface area contributed by atoms with Crippen LogP contribution in [0.15, 0.2) is 48.5 Å². The maximum atomic E-state index is 12.7. The number of carbonyl (C=O) groups excluding carboxylic acids is 3. The fraction of sp³-hybridized carbons (Fsp3) is 0.348. The third-order valence-corrected chi connectivity index (χ3v) is 4.64. The summed E-state index contributed by atoms with van der Waals surface area (Å²) in [6, 6.07) is 13.6. The normalized spacial score (nSPS) is 14.3. The van der Waals surface area contributed by atoms with Crippen LogP contribution >= 0.6 is 0 Å². The Bertz CT molecular complexity index is 912. The van der Waals surface area contributed by atoms with Crippen molar-refractivity contribution in [2.75, 3.05) is 13.7 Å². The van der Waals surface area contributed by atoms with Crippen LogP contribution in [0.25, 0.3) is 0 Å². The van der Waals surface area contributed by atoms with Gasteiger partial charge in [-0.2, -0.15) is 0 Å². The molecule has 0 aliphatic carbocycles. The van der Waals surface area contributed by atoms with Crippen LogP contribution in [0, 0.1) is 0 Å². The molecular formula is C23H26N2O5. The van der Waals surface area contributed by atoms with Crippen LogP contribution in [0.5, 0.6) is 5.75 Å². The van der Waals surface area contributed by atoms with E-state index >= 15 is 0 Å². The summed E-state index contributed by atoms with van der Waals surface area (Å²) in [7, 11) is 1.59. The van der Waals surface area contributed by atoms with E-state index in [1.807, 2.05) is 24.3 Å². The van der Waals surface area contributed by atoms with E-state index in [0.717, 1.165) is 11.3 Å². The number of hydrogen-bond acceptors (Lipinski definition) is 5. The van der Waals surface area contributed by atoms with Crippen molar-refractivity contribution >= 4 is 17.9 Å². The number of amides is 3. The number of benzene rings is 2. The molecule has 0 bridgehead atoms. The highest BCUT2D eigenvalue weighted by Gasteiger charge is 2.36. The van der Waals surface area contributed by atoms with Crippen molar-refractivity contribution in [2.45, 2.75) is 38.8 Å². The summed E-state index contributed by atoms with van der Waals surface area (Å²) < 4.78 is 10.5. The molecule has 0 fully saturated rings. The monoisotopic (exact) mass is 410 g/mol. The number of alkyl carbamates (subject to hydrolysis) is 1. The van der Waals surface area contributed by atoms with Crippen LogP contribution in [-0.2, 0) is 11.2 Å². The molecule has 3 amide bonds. The number of ether oxygens (including phenoxy) is 2. The number of nitrogens with one attached hydrogen (secondary N) is 1. The fourth-order valence-corrected chi connectivity index (χ4v) is 3.31. The Morgan fingerprint density at radius 1 is 1.00 bits per heavy atom. The minimum Gasteiger partial charge on any atom is -0.497 e. The molecule has 0 aromatic heterocycles. The molecular weight excluding hydrogens is 384 g/mol. The highest BCUT2D eigenvalue weighted by Crippen LogP contribution is 2.23. The Morgan fingerprint density at radius 2 is 1.57 bits per heavy atom. The number of nitrogens with zero attached hydrogens (tertiary/aromatic N) is 1. The second kappa shape index (κ2) is 8.57. The highest BCUT2D eigenvalue weighted by molar-refractivity contribution is 6.21. The maximum absolute atomic E-state index is 12.7. The number of carbonyl (C=O) groups is 3. The number of imide groups is 1. The van der Waals surface area contributed by atoms with Crippen LogP contribution in [0.2, 0.25) is 0 Å². The zero-order valence-corrected chi connectivity index (χ0v) is 17.6. The van der Waals surface area contributed by atoms with Gasteiger partial charge in [-0.15, -0.1) is 0 Å². The molecule has 2 aromatic carbocycles. The van der Waals surface area contributed by atoms with Gasteiger partial charge in [0.25, 0.3) is 11.8 Å². The van der Waals surface area contributed by atoms with Gasteiger partial charge in [0.05, 0.1) is 30.8 Å². The first-order chi connectivity index (χ1) is 14.2. The minimum atomic E-state index is -0.662. The first-order valence-corrected chi connectivity index (χ1v) is 9.75. The molecule has 1 atom stereocenters. The van der Waals surface area contributed by atoms with Crippen LogP contribution in [-0.4, -0.2) is 48.1 Å². The molecule has 0 unspecified atom stereocenters. The first kappa shape index (κ1) is 21.4.